The van der Waals surface area contributed by atoms with E-state index in [2.05, 4.69) is 33.1 Å². The lowest BCUT2D eigenvalue weighted by atomic mass is 10.1. The van der Waals surface area contributed by atoms with Crippen molar-refractivity contribution in [3.05, 3.63) is 11.8 Å². The lowest BCUT2D eigenvalue weighted by Crippen LogP contribution is -2.25. The van der Waals surface area contributed by atoms with E-state index in [0.717, 1.165) is 6.42 Å². The van der Waals surface area contributed by atoms with Gasteiger partial charge in [-0.05, 0) is 25.2 Å². The molecule has 0 aliphatic heterocycles. The molecular formula is C10H23NO2Si2. The number of nitrogens with two attached hydrogens (primary N) is 1. The third kappa shape index (κ3) is 5.79. The van der Waals surface area contributed by atoms with Gasteiger partial charge in [-0.25, -0.2) is 0 Å². The quantitative estimate of drug-likeness (QED) is 0.439. The Bertz CT molecular complexity index is 242. The van der Waals surface area contributed by atoms with Gasteiger partial charge in [-0.1, -0.05) is 19.9 Å². The van der Waals surface area contributed by atoms with Crippen molar-refractivity contribution >= 4 is 23.7 Å². The zero-order valence-electron chi connectivity index (χ0n) is 10.5. The first-order valence-electron chi connectivity index (χ1n) is 5.49. The van der Waals surface area contributed by atoms with Crippen LogP contribution in [0.2, 0.25) is 31.7 Å². The number of hydrogen-bond acceptors (Lipinski definition) is 2. The van der Waals surface area contributed by atoms with Crippen molar-refractivity contribution in [3.8, 4) is 0 Å². The Balaban J connectivity index is 4.73. The molecule has 1 atom stereocenters. The molecule has 0 aromatic heterocycles. The molecule has 2 N–H and O–H groups in total. The normalized spacial score (nSPS) is 15.7. The molecule has 88 valence electrons. The molecule has 1 unspecified atom stereocenters. The van der Waals surface area contributed by atoms with Gasteiger partial charge in [0.2, 0.25) is 14.2 Å². The molecule has 0 heterocycles. The van der Waals surface area contributed by atoms with Crippen LogP contribution in [0.5, 0.6) is 0 Å². The molecule has 5 heteroatoms. The second-order valence-electron chi connectivity index (χ2n) is 4.68. The van der Waals surface area contributed by atoms with Gasteiger partial charge in [-0.2, -0.15) is 0 Å². The molecule has 0 bridgehead atoms. The maximum Gasteiger partial charge on any atom is 0.247 e. The second kappa shape index (κ2) is 6.12. The van der Waals surface area contributed by atoms with Crippen LogP contribution in [0.1, 0.15) is 13.3 Å². The molecule has 0 rings (SSSR count). The fourth-order valence-corrected chi connectivity index (χ4v) is 3.12. The molecule has 0 aromatic rings. The number of primary amides is 1. The largest absolute Gasteiger partial charge is 0.549 e. The highest BCUT2D eigenvalue weighted by Crippen LogP contribution is 2.21. The molecule has 0 aromatic carbocycles. The smallest absolute Gasteiger partial charge is 0.247 e. The summed E-state index contributed by atoms with van der Waals surface area (Å²) in [6, 6.07) is 0. The van der Waals surface area contributed by atoms with E-state index in [0.29, 0.717) is 11.1 Å². The summed E-state index contributed by atoms with van der Waals surface area (Å²) in [6.45, 7) is 10.6. The minimum Gasteiger partial charge on any atom is -0.549 e. The van der Waals surface area contributed by atoms with Gasteiger partial charge in [0.1, 0.15) is 0 Å². The monoisotopic (exact) mass is 245 g/mol. The summed E-state index contributed by atoms with van der Waals surface area (Å²) in [4.78, 5) is 11.3. The van der Waals surface area contributed by atoms with Crippen LogP contribution >= 0.6 is 0 Å². The van der Waals surface area contributed by atoms with Crippen molar-refractivity contribution in [1.29, 1.82) is 0 Å². The van der Waals surface area contributed by atoms with Crippen LogP contribution in [0.15, 0.2) is 11.8 Å². The molecule has 3 nitrogen and oxygen atoms in total. The lowest BCUT2D eigenvalue weighted by Gasteiger charge is -2.19. The van der Waals surface area contributed by atoms with Crippen molar-refractivity contribution in [1.82, 2.24) is 0 Å². The summed E-state index contributed by atoms with van der Waals surface area (Å²) >= 11 is 0. The molecule has 1 amide bonds. The van der Waals surface area contributed by atoms with Crippen LogP contribution < -0.4 is 5.73 Å². The van der Waals surface area contributed by atoms with Gasteiger partial charge < -0.3 is 10.2 Å². The Morgan fingerprint density at radius 2 is 2.07 bits per heavy atom. The predicted molar refractivity (Wildman–Crippen MR) is 70.2 cm³/mol. The molecule has 0 saturated heterocycles. The Labute approximate surface area is 96.0 Å². The standard InChI is InChI=1S/C10H23NO2Si2/c1-6-9(14-2)8(10(11)12)7-13-15(3,4)5/h7,9H,6,14H2,1-5H3,(H2,11,12). The first-order chi connectivity index (χ1) is 6.81. The Morgan fingerprint density at radius 3 is 2.33 bits per heavy atom. The Hall–Kier alpha value is -0.556. The van der Waals surface area contributed by atoms with Gasteiger partial charge in [0, 0.05) is 15.1 Å². The first-order valence-corrected chi connectivity index (χ1v) is 11.1. The van der Waals surface area contributed by atoms with Crippen molar-refractivity contribution in [2.45, 2.75) is 45.1 Å². The summed E-state index contributed by atoms with van der Waals surface area (Å²) < 4.78 is 5.64. The van der Waals surface area contributed by atoms with Crippen LogP contribution in [0, 0.1) is 0 Å². The number of hydrogen-bond donors (Lipinski definition) is 1. The molecular weight excluding hydrogens is 222 g/mol. The highest BCUT2D eigenvalue weighted by molar-refractivity contribution is 6.69. The average Bonchev–Trinajstić information content (AvgIpc) is 2.09. The van der Waals surface area contributed by atoms with Crippen LogP contribution in [0.25, 0.3) is 0 Å². The van der Waals surface area contributed by atoms with Crippen molar-refractivity contribution in [3.63, 3.8) is 0 Å². The first kappa shape index (κ1) is 14.4. The maximum absolute atomic E-state index is 11.3. The summed E-state index contributed by atoms with van der Waals surface area (Å²) in [5.41, 5.74) is 6.42. The van der Waals surface area contributed by atoms with E-state index in [4.69, 9.17) is 10.2 Å². The fourth-order valence-electron chi connectivity index (χ4n) is 1.32. The van der Waals surface area contributed by atoms with Crippen LogP contribution in [0.4, 0.5) is 0 Å². The molecule has 0 spiro atoms. The van der Waals surface area contributed by atoms with Gasteiger partial charge in [0.25, 0.3) is 0 Å². The maximum atomic E-state index is 11.3. The van der Waals surface area contributed by atoms with Gasteiger partial charge in [-0.3, -0.25) is 4.79 Å². The SMILES string of the molecule is CCC([SiH2]C)C(=CO[Si](C)(C)C)C(N)=O. The van der Waals surface area contributed by atoms with E-state index in [1.165, 1.54) is 0 Å². The highest BCUT2D eigenvalue weighted by Gasteiger charge is 2.19. The lowest BCUT2D eigenvalue weighted by molar-refractivity contribution is -0.114. The zero-order valence-corrected chi connectivity index (χ0v) is 12.9. The van der Waals surface area contributed by atoms with Gasteiger partial charge in [-0.15, -0.1) is 0 Å². The molecule has 0 aliphatic carbocycles. The molecule has 0 aliphatic rings. The van der Waals surface area contributed by atoms with Crippen LogP contribution in [0.3, 0.4) is 0 Å². The Kier molecular flexibility index (Phi) is 5.89. The summed E-state index contributed by atoms with van der Waals surface area (Å²) in [6.07, 6.45) is 2.60. The predicted octanol–water partition coefficient (Wildman–Crippen LogP) is 1.62. The summed E-state index contributed by atoms with van der Waals surface area (Å²) in [7, 11) is -1.87. The molecule has 0 fully saturated rings. The molecule has 0 saturated carbocycles. The minimum atomic E-state index is -1.61. The van der Waals surface area contributed by atoms with Crippen molar-refractivity contribution in [2.75, 3.05) is 0 Å². The van der Waals surface area contributed by atoms with Crippen molar-refractivity contribution in [2.24, 2.45) is 5.73 Å². The molecule has 15 heavy (non-hydrogen) atoms. The third-order valence-electron chi connectivity index (χ3n) is 2.25. The number of carbonyl (C=O) groups excluding carboxylic acids is 1. The molecule has 0 radical (unpaired) electrons. The Morgan fingerprint density at radius 1 is 1.53 bits per heavy atom. The highest BCUT2D eigenvalue weighted by atomic mass is 28.4. The average molecular weight is 245 g/mol. The van der Waals surface area contributed by atoms with E-state index in [1.807, 2.05) is 0 Å². The van der Waals surface area contributed by atoms with E-state index < -0.39 is 8.32 Å². The van der Waals surface area contributed by atoms with Crippen molar-refractivity contribution < 1.29 is 9.22 Å². The minimum absolute atomic E-state index is 0.260. The van der Waals surface area contributed by atoms with E-state index in [-0.39, 0.29) is 15.4 Å². The summed E-state index contributed by atoms with van der Waals surface area (Å²) in [5.74, 6) is -0.325. The van der Waals surface area contributed by atoms with Gasteiger partial charge in [0.15, 0.2) is 0 Å². The van der Waals surface area contributed by atoms with Crippen LogP contribution in [-0.2, 0) is 9.22 Å². The van der Waals surface area contributed by atoms with E-state index >= 15 is 0 Å². The van der Waals surface area contributed by atoms with Gasteiger partial charge in [0.05, 0.1) is 6.26 Å². The fraction of sp³-hybridized carbons (Fsp3) is 0.700. The third-order valence-corrected chi connectivity index (χ3v) is 5.08. The van der Waals surface area contributed by atoms with Crippen LogP contribution in [-0.4, -0.2) is 23.7 Å². The number of carbonyl (C=O) groups is 1. The number of amides is 1. The zero-order chi connectivity index (χ0) is 12.1. The number of rotatable bonds is 6. The summed E-state index contributed by atoms with van der Waals surface area (Å²) in [5, 5.41) is 0. The van der Waals surface area contributed by atoms with E-state index in [9.17, 15) is 4.79 Å². The van der Waals surface area contributed by atoms with Gasteiger partial charge >= 0.3 is 0 Å². The van der Waals surface area contributed by atoms with E-state index in [1.54, 1.807) is 6.26 Å². The second-order valence-corrected chi connectivity index (χ2v) is 10.9. The topological polar surface area (TPSA) is 52.3 Å².